The van der Waals surface area contributed by atoms with Crippen molar-refractivity contribution in [1.29, 1.82) is 0 Å². The van der Waals surface area contributed by atoms with Gasteiger partial charge in [-0.05, 0) is 61.4 Å². The number of hydrogen-bond acceptors (Lipinski definition) is 5. The third-order valence-electron chi connectivity index (χ3n) is 7.34. The Balaban J connectivity index is 1.72. The number of aliphatic hydroxyl groups is 1. The second-order valence-corrected chi connectivity index (χ2v) is 11.9. The average Bonchev–Trinajstić information content (AvgIpc) is 3.21. The van der Waals surface area contributed by atoms with Gasteiger partial charge in [0.25, 0.3) is 0 Å². The van der Waals surface area contributed by atoms with Crippen molar-refractivity contribution in [2.45, 2.75) is 56.1 Å². The van der Waals surface area contributed by atoms with Crippen molar-refractivity contribution >= 4 is 26.6 Å². The zero-order valence-corrected chi connectivity index (χ0v) is 21.2. The smallest absolute Gasteiger partial charge is 0.391 e. The number of fused-ring (bicyclic) bond motifs is 1. The van der Waals surface area contributed by atoms with Gasteiger partial charge in [-0.3, -0.25) is 9.48 Å². The standard InChI is InChI=1S/C26H30F3N3O4S/c1-2-37(35,36)20-10-5-17(6-11-20)22(15-33)24-21-12-7-18(25(30)34)13-23(21)31-32(24)14-16-3-8-19(9-4-16)26(27,28)29/h5-7,10-13,16,19,22,33H,2-4,8-9,14-15H2,1H3,(H2,30,34)/t16?,19?,22-/m1/s1. The van der Waals surface area contributed by atoms with Gasteiger partial charge in [-0.1, -0.05) is 25.1 Å². The summed E-state index contributed by atoms with van der Waals surface area (Å²) in [5, 5.41) is 15.8. The molecule has 37 heavy (non-hydrogen) atoms. The second-order valence-electron chi connectivity index (χ2n) is 9.63. The quantitative estimate of drug-likeness (QED) is 0.441. The molecule has 1 amide bonds. The van der Waals surface area contributed by atoms with Crippen molar-refractivity contribution in [2.24, 2.45) is 17.6 Å². The molecule has 11 heteroatoms. The van der Waals surface area contributed by atoms with Crippen LogP contribution in [0.5, 0.6) is 0 Å². The highest BCUT2D eigenvalue weighted by Crippen LogP contribution is 2.41. The van der Waals surface area contributed by atoms with Crippen LogP contribution in [0, 0.1) is 11.8 Å². The summed E-state index contributed by atoms with van der Waals surface area (Å²) in [5.74, 6) is -2.55. The van der Waals surface area contributed by atoms with Gasteiger partial charge in [0.05, 0.1) is 34.4 Å². The van der Waals surface area contributed by atoms with Crippen molar-refractivity contribution < 1.29 is 31.5 Å². The molecule has 1 heterocycles. The van der Waals surface area contributed by atoms with Crippen molar-refractivity contribution in [3.63, 3.8) is 0 Å². The third-order valence-corrected chi connectivity index (χ3v) is 9.09. The lowest BCUT2D eigenvalue weighted by molar-refractivity contribution is -0.184. The van der Waals surface area contributed by atoms with E-state index >= 15 is 0 Å². The summed E-state index contributed by atoms with van der Waals surface area (Å²) in [4.78, 5) is 11.9. The summed E-state index contributed by atoms with van der Waals surface area (Å²) in [6, 6.07) is 11.1. The summed E-state index contributed by atoms with van der Waals surface area (Å²) in [6.45, 7) is 1.62. The lowest BCUT2D eigenvalue weighted by Crippen LogP contribution is -2.29. The van der Waals surface area contributed by atoms with Gasteiger partial charge in [-0.15, -0.1) is 0 Å². The highest BCUT2D eigenvalue weighted by Gasteiger charge is 2.41. The maximum atomic E-state index is 13.1. The molecule has 200 valence electrons. The number of benzene rings is 2. The molecule has 2 aromatic carbocycles. The number of sulfone groups is 1. The SMILES string of the molecule is CCS(=O)(=O)c1ccc([C@@H](CO)c2c3ccc(C(N)=O)cc3nn2CC2CCC(C(F)(F)F)CC2)cc1. The number of aliphatic hydroxyl groups excluding tert-OH is 1. The third kappa shape index (κ3) is 5.67. The molecule has 4 rings (SSSR count). The zero-order chi connectivity index (χ0) is 27.0. The summed E-state index contributed by atoms with van der Waals surface area (Å²) in [7, 11) is -3.40. The van der Waals surface area contributed by atoms with Gasteiger partial charge in [0.2, 0.25) is 5.91 Å². The first-order chi connectivity index (χ1) is 17.4. The van der Waals surface area contributed by atoms with Crippen LogP contribution < -0.4 is 5.73 Å². The first kappa shape index (κ1) is 27.1. The summed E-state index contributed by atoms with van der Waals surface area (Å²) >= 11 is 0. The number of carbonyl (C=O) groups excluding carboxylic acids is 1. The van der Waals surface area contributed by atoms with Crippen LogP contribution in [0.15, 0.2) is 47.4 Å². The minimum Gasteiger partial charge on any atom is -0.395 e. The maximum absolute atomic E-state index is 13.1. The van der Waals surface area contributed by atoms with E-state index in [2.05, 4.69) is 5.10 Å². The van der Waals surface area contributed by atoms with Crippen LogP contribution in [0.3, 0.4) is 0 Å². The van der Waals surface area contributed by atoms with Crippen molar-refractivity contribution in [1.82, 2.24) is 9.78 Å². The summed E-state index contributed by atoms with van der Waals surface area (Å²) in [6.07, 6.45) is -3.26. The van der Waals surface area contributed by atoms with Gasteiger partial charge in [0.15, 0.2) is 9.84 Å². The van der Waals surface area contributed by atoms with Crippen LogP contribution in [0.2, 0.25) is 0 Å². The van der Waals surface area contributed by atoms with Crippen molar-refractivity contribution in [2.75, 3.05) is 12.4 Å². The van der Waals surface area contributed by atoms with Crippen LogP contribution in [0.25, 0.3) is 10.9 Å². The molecule has 7 nitrogen and oxygen atoms in total. The van der Waals surface area contributed by atoms with Crippen LogP contribution in [-0.4, -0.2) is 47.7 Å². The normalized spacial score (nSPS) is 19.7. The molecule has 0 saturated heterocycles. The Morgan fingerprint density at radius 3 is 2.32 bits per heavy atom. The van der Waals surface area contributed by atoms with Gasteiger partial charge < -0.3 is 10.8 Å². The molecule has 0 unspecified atom stereocenters. The van der Waals surface area contributed by atoms with Crippen molar-refractivity contribution in [3.05, 3.63) is 59.3 Å². The molecule has 1 atom stereocenters. The van der Waals surface area contributed by atoms with E-state index in [-0.39, 0.29) is 41.6 Å². The lowest BCUT2D eigenvalue weighted by atomic mass is 9.81. The maximum Gasteiger partial charge on any atom is 0.391 e. The Bertz CT molecular complexity index is 1380. The molecule has 1 aromatic heterocycles. The predicted molar refractivity (Wildman–Crippen MR) is 133 cm³/mol. The van der Waals surface area contributed by atoms with Gasteiger partial charge in [-0.2, -0.15) is 18.3 Å². The van der Waals surface area contributed by atoms with Gasteiger partial charge in [0.1, 0.15) is 0 Å². The highest BCUT2D eigenvalue weighted by molar-refractivity contribution is 7.91. The molecule has 0 bridgehead atoms. The molecule has 1 aliphatic rings. The van der Waals surface area contributed by atoms with Crippen LogP contribution in [0.1, 0.15) is 60.1 Å². The highest BCUT2D eigenvalue weighted by atomic mass is 32.2. The monoisotopic (exact) mass is 537 g/mol. The first-order valence-corrected chi connectivity index (χ1v) is 13.9. The number of hydrogen-bond donors (Lipinski definition) is 2. The number of aromatic nitrogens is 2. The second kappa shape index (κ2) is 10.4. The van der Waals surface area contributed by atoms with E-state index in [1.807, 2.05) is 0 Å². The fourth-order valence-corrected chi connectivity index (χ4v) is 6.04. The largest absolute Gasteiger partial charge is 0.395 e. The number of halogens is 3. The Hall–Kier alpha value is -2.92. The van der Waals surface area contributed by atoms with E-state index in [9.17, 15) is 31.5 Å². The lowest BCUT2D eigenvalue weighted by Gasteiger charge is -2.30. The number of alkyl halides is 3. The molecule has 0 radical (unpaired) electrons. The summed E-state index contributed by atoms with van der Waals surface area (Å²) in [5.41, 5.74) is 7.50. The van der Waals surface area contributed by atoms with Gasteiger partial charge in [-0.25, -0.2) is 8.42 Å². The fraction of sp³-hybridized carbons (Fsp3) is 0.462. The predicted octanol–water partition coefficient (Wildman–Crippen LogP) is 4.42. The Kier molecular flexibility index (Phi) is 7.66. The van der Waals surface area contributed by atoms with E-state index in [0.717, 1.165) is 0 Å². The number of nitrogens with two attached hydrogens (primary N) is 1. The molecule has 1 saturated carbocycles. The number of amides is 1. The van der Waals surface area contributed by atoms with Gasteiger partial charge >= 0.3 is 6.18 Å². The van der Waals surface area contributed by atoms with E-state index in [0.29, 0.717) is 41.5 Å². The Labute approximate surface area is 213 Å². The van der Waals surface area contributed by atoms with Crippen LogP contribution >= 0.6 is 0 Å². The number of carbonyl (C=O) groups is 1. The molecular formula is C26H30F3N3O4S. The van der Waals surface area contributed by atoms with Crippen LogP contribution in [0.4, 0.5) is 13.2 Å². The zero-order valence-electron chi connectivity index (χ0n) is 20.4. The molecular weight excluding hydrogens is 507 g/mol. The first-order valence-electron chi connectivity index (χ1n) is 12.2. The molecule has 1 fully saturated rings. The van der Waals surface area contributed by atoms with Crippen LogP contribution in [-0.2, 0) is 16.4 Å². The molecule has 1 aliphatic carbocycles. The molecule has 0 spiro atoms. The number of primary amides is 1. The van der Waals surface area contributed by atoms with Crippen molar-refractivity contribution in [3.8, 4) is 0 Å². The van der Waals surface area contributed by atoms with E-state index < -0.39 is 33.8 Å². The van der Waals surface area contributed by atoms with E-state index in [1.165, 1.54) is 12.1 Å². The fourth-order valence-electron chi connectivity index (χ4n) is 5.15. The molecule has 0 aliphatic heterocycles. The molecule has 3 aromatic rings. The minimum absolute atomic E-state index is 0.0290. The number of nitrogens with zero attached hydrogens (tertiary/aromatic N) is 2. The topological polar surface area (TPSA) is 115 Å². The Morgan fingerprint density at radius 2 is 1.78 bits per heavy atom. The summed E-state index contributed by atoms with van der Waals surface area (Å²) < 4.78 is 65.6. The minimum atomic E-state index is -4.19. The molecule has 3 N–H and O–H groups in total. The van der Waals surface area contributed by atoms with E-state index in [1.54, 1.807) is 41.9 Å². The average molecular weight is 538 g/mol. The number of rotatable bonds is 8. The Morgan fingerprint density at radius 1 is 1.14 bits per heavy atom. The van der Waals surface area contributed by atoms with E-state index in [4.69, 9.17) is 5.73 Å². The van der Waals surface area contributed by atoms with Gasteiger partial charge in [0, 0.05) is 23.4 Å².